The molecule has 0 saturated heterocycles. The fourth-order valence-electron chi connectivity index (χ4n) is 1.78. The summed E-state index contributed by atoms with van der Waals surface area (Å²) in [5.41, 5.74) is 0.684. The van der Waals surface area contributed by atoms with Gasteiger partial charge in [-0.2, -0.15) is 0 Å². The number of fused-ring (bicyclic) bond motifs is 1. The van der Waals surface area contributed by atoms with Crippen molar-refractivity contribution < 1.29 is 9.53 Å². The van der Waals surface area contributed by atoms with E-state index in [-0.39, 0.29) is 12.0 Å². The molecule has 0 N–H and O–H groups in total. The van der Waals surface area contributed by atoms with Crippen LogP contribution >= 0.6 is 11.6 Å². The Hall–Kier alpha value is -1.66. The van der Waals surface area contributed by atoms with Crippen molar-refractivity contribution in [3.63, 3.8) is 0 Å². The molecule has 2 rings (SSSR count). The van der Waals surface area contributed by atoms with Crippen molar-refractivity contribution in [2.24, 2.45) is 0 Å². The van der Waals surface area contributed by atoms with Gasteiger partial charge in [0, 0.05) is 5.02 Å². The second kappa shape index (κ2) is 4.68. The second-order valence-corrected chi connectivity index (χ2v) is 4.27. The Morgan fingerprint density at radius 3 is 3.06 bits per heavy atom. The van der Waals surface area contributed by atoms with Crippen LogP contribution < -0.4 is 9.64 Å². The maximum absolute atomic E-state index is 11.9. The monoisotopic (exact) mass is 249 g/mol. The Morgan fingerprint density at radius 1 is 1.59 bits per heavy atom. The van der Waals surface area contributed by atoms with Gasteiger partial charge in [0.1, 0.15) is 11.9 Å². The van der Waals surface area contributed by atoms with Crippen molar-refractivity contribution in [1.29, 1.82) is 0 Å². The van der Waals surface area contributed by atoms with Gasteiger partial charge in [-0.3, -0.25) is 9.69 Å². The van der Waals surface area contributed by atoms with Crippen LogP contribution in [0.25, 0.3) is 0 Å². The van der Waals surface area contributed by atoms with Crippen LogP contribution in [0.4, 0.5) is 5.69 Å². The van der Waals surface area contributed by atoms with Crippen molar-refractivity contribution in [1.82, 2.24) is 0 Å². The minimum atomic E-state index is -0.230. The topological polar surface area (TPSA) is 29.5 Å². The van der Waals surface area contributed by atoms with E-state index in [9.17, 15) is 4.79 Å². The molecule has 17 heavy (non-hydrogen) atoms. The van der Waals surface area contributed by atoms with Gasteiger partial charge in [-0.1, -0.05) is 17.5 Å². The van der Waals surface area contributed by atoms with Crippen LogP contribution in [0, 0.1) is 11.8 Å². The van der Waals surface area contributed by atoms with E-state index in [1.807, 2.05) is 6.92 Å². The van der Waals surface area contributed by atoms with E-state index in [0.717, 1.165) is 0 Å². The van der Waals surface area contributed by atoms with Crippen LogP contribution in [0.1, 0.15) is 13.8 Å². The highest BCUT2D eigenvalue weighted by Gasteiger charge is 2.26. The van der Waals surface area contributed by atoms with Gasteiger partial charge in [0.25, 0.3) is 0 Å². The number of nitrogens with zero attached hydrogens (tertiary/aromatic N) is 1. The average molecular weight is 250 g/mol. The van der Waals surface area contributed by atoms with Crippen LogP contribution in [0.15, 0.2) is 18.2 Å². The summed E-state index contributed by atoms with van der Waals surface area (Å²) in [7, 11) is 0. The highest BCUT2D eigenvalue weighted by Crippen LogP contribution is 2.35. The number of halogens is 1. The lowest BCUT2D eigenvalue weighted by molar-refractivity contribution is -0.113. The van der Waals surface area contributed by atoms with E-state index in [4.69, 9.17) is 16.3 Å². The molecule has 1 unspecified atom stereocenters. The van der Waals surface area contributed by atoms with Gasteiger partial charge in [0.05, 0.1) is 12.2 Å². The van der Waals surface area contributed by atoms with Crippen molar-refractivity contribution in [2.75, 3.05) is 11.4 Å². The number of hydrogen-bond donors (Lipinski definition) is 0. The number of benzene rings is 1. The molecule has 1 amide bonds. The number of carbonyl (C=O) groups is 1. The Labute approximate surface area is 105 Å². The zero-order chi connectivity index (χ0) is 12.4. The molecule has 0 bridgehead atoms. The molecule has 1 aliphatic heterocycles. The molecule has 3 nitrogen and oxygen atoms in total. The third kappa shape index (κ3) is 2.37. The van der Waals surface area contributed by atoms with Crippen molar-refractivity contribution in [3.05, 3.63) is 23.2 Å². The molecular formula is C13H12ClNO2. The van der Waals surface area contributed by atoms with Crippen molar-refractivity contribution in [3.8, 4) is 17.6 Å². The third-order valence-electron chi connectivity index (χ3n) is 2.46. The zero-order valence-corrected chi connectivity index (χ0v) is 10.4. The SMILES string of the molecule is CC#CC(=O)N1CC(C)Oc2ccc(Cl)cc21. The van der Waals surface area contributed by atoms with Crippen LogP contribution in [0.2, 0.25) is 5.02 Å². The maximum Gasteiger partial charge on any atom is 0.303 e. The van der Waals surface area contributed by atoms with E-state index in [1.54, 1.807) is 30.0 Å². The van der Waals surface area contributed by atoms with Gasteiger partial charge in [-0.05, 0) is 38.0 Å². The molecule has 0 aliphatic carbocycles. The zero-order valence-electron chi connectivity index (χ0n) is 9.66. The summed E-state index contributed by atoms with van der Waals surface area (Å²) in [6, 6.07) is 5.23. The van der Waals surface area contributed by atoms with Crippen molar-refractivity contribution in [2.45, 2.75) is 20.0 Å². The normalized spacial score (nSPS) is 17.6. The Morgan fingerprint density at radius 2 is 2.35 bits per heavy atom. The van der Waals surface area contributed by atoms with E-state index < -0.39 is 0 Å². The lowest BCUT2D eigenvalue weighted by atomic mass is 10.2. The van der Waals surface area contributed by atoms with E-state index in [0.29, 0.717) is 23.0 Å². The molecule has 0 spiro atoms. The van der Waals surface area contributed by atoms with E-state index in [2.05, 4.69) is 11.8 Å². The molecule has 0 saturated carbocycles. The Balaban J connectivity index is 2.44. The molecule has 1 aliphatic rings. The lowest BCUT2D eigenvalue weighted by Gasteiger charge is -2.32. The minimum absolute atomic E-state index is 0.0497. The molecule has 1 aromatic carbocycles. The number of ether oxygens (including phenoxy) is 1. The maximum atomic E-state index is 11.9. The van der Waals surface area contributed by atoms with Gasteiger partial charge >= 0.3 is 5.91 Å². The van der Waals surface area contributed by atoms with Crippen molar-refractivity contribution >= 4 is 23.2 Å². The summed E-state index contributed by atoms with van der Waals surface area (Å²) in [6.07, 6.45) is -0.0497. The quantitative estimate of drug-likeness (QED) is 0.661. The first-order valence-corrected chi connectivity index (χ1v) is 5.70. The first-order valence-electron chi connectivity index (χ1n) is 5.32. The fourth-order valence-corrected chi connectivity index (χ4v) is 1.94. The molecule has 0 aromatic heterocycles. The fraction of sp³-hybridized carbons (Fsp3) is 0.308. The number of hydrogen-bond acceptors (Lipinski definition) is 2. The Bertz CT molecular complexity index is 516. The van der Waals surface area contributed by atoms with E-state index >= 15 is 0 Å². The summed E-state index contributed by atoms with van der Waals surface area (Å²) in [6.45, 7) is 4.04. The second-order valence-electron chi connectivity index (χ2n) is 3.83. The molecular weight excluding hydrogens is 238 g/mol. The van der Waals surface area contributed by atoms with Crippen LogP contribution in [0.5, 0.6) is 5.75 Å². The molecule has 1 aromatic rings. The van der Waals surface area contributed by atoms with Gasteiger partial charge in [-0.25, -0.2) is 0 Å². The predicted octanol–water partition coefficient (Wildman–Crippen LogP) is 2.48. The smallest absolute Gasteiger partial charge is 0.303 e. The minimum Gasteiger partial charge on any atom is -0.487 e. The lowest BCUT2D eigenvalue weighted by Crippen LogP contribution is -2.41. The number of amides is 1. The molecule has 0 fully saturated rings. The number of rotatable bonds is 0. The van der Waals surface area contributed by atoms with Gasteiger partial charge in [0.15, 0.2) is 0 Å². The predicted molar refractivity (Wildman–Crippen MR) is 67.3 cm³/mol. The standard InChI is InChI=1S/C13H12ClNO2/c1-3-4-13(16)15-8-9(2)17-12-6-5-10(14)7-11(12)15/h5-7,9H,8H2,1-2H3. The third-order valence-corrected chi connectivity index (χ3v) is 2.69. The highest BCUT2D eigenvalue weighted by molar-refractivity contribution is 6.31. The molecule has 4 heteroatoms. The van der Waals surface area contributed by atoms with Crippen LogP contribution in [-0.4, -0.2) is 18.6 Å². The number of anilines is 1. The average Bonchev–Trinajstić information content (AvgIpc) is 2.29. The summed E-state index contributed by atoms with van der Waals surface area (Å²) < 4.78 is 5.64. The van der Waals surface area contributed by atoms with E-state index in [1.165, 1.54) is 0 Å². The largest absolute Gasteiger partial charge is 0.487 e. The van der Waals surface area contributed by atoms with Gasteiger partial charge in [0.2, 0.25) is 0 Å². The summed E-state index contributed by atoms with van der Waals surface area (Å²) >= 11 is 5.93. The van der Waals surface area contributed by atoms with Crippen LogP contribution in [0.3, 0.4) is 0 Å². The first kappa shape index (κ1) is 11.8. The summed E-state index contributed by atoms with van der Waals surface area (Å²) in [4.78, 5) is 13.5. The highest BCUT2D eigenvalue weighted by atomic mass is 35.5. The molecule has 1 atom stereocenters. The van der Waals surface area contributed by atoms with Gasteiger partial charge in [-0.15, -0.1) is 0 Å². The molecule has 0 radical (unpaired) electrons. The number of carbonyl (C=O) groups excluding carboxylic acids is 1. The van der Waals surface area contributed by atoms with Crippen LogP contribution in [-0.2, 0) is 4.79 Å². The summed E-state index contributed by atoms with van der Waals surface area (Å²) in [5.74, 6) is 5.58. The summed E-state index contributed by atoms with van der Waals surface area (Å²) in [5, 5.41) is 0.573. The van der Waals surface area contributed by atoms with Gasteiger partial charge < -0.3 is 4.74 Å². The first-order chi connectivity index (χ1) is 8.11. The molecule has 88 valence electrons. The Kier molecular flexibility index (Phi) is 3.26. The molecule has 1 heterocycles.